The van der Waals surface area contributed by atoms with E-state index in [9.17, 15) is 4.79 Å². The van der Waals surface area contributed by atoms with E-state index in [-0.39, 0.29) is 11.4 Å². The summed E-state index contributed by atoms with van der Waals surface area (Å²) >= 11 is 5.37. The molecule has 104 valence electrons. The summed E-state index contributed by atoms with van der Waals surface area (Å²) in [5.41, 5.74) is 2.88. The van der Waals surface area contributed by atoms with Crippen LogP contribution in [0.1, 0.15) is 30.4 Å². The van der Waals surface area contributed by atoms with Crippen LogP contribution in [-0.2, 0) is 20.6 Å². The lowest BCUT2D eigenvalue weighted by Gasteiger charge is -2.13. The molecule has 0 aromatic heterocycles. The molecule has 0 bridgehead atoms. The second-order valence-corrected chi connectivity index (χ2v) is 6.74. The number of halogens is 1. The molecule has 2 rings (SSSR count). The maximum atomic E-state index is 11.3. The number of ether oxygens (including phenoxy) is 1. The largest absolute Gasteiger partial charge is 0.469 e. The number of hydrogen-bond acceptors (Lipinski definition) is 3. The first-order chi connectivity index (χ1) is 9.17. The first-order valence-electron chi connectivity index (χ1n) is 6.46. The van der Waals surface area contributed by atoms with Crippen LogP contribution >= 0.6 is 27.7 Å². The van der Waals surface area contributed by atoms with E-state index in [0.717, 1.165) is 29.7 Å². The van der Waals surface area contributed by atoms with Gasteiger partial charge in [0.05, 0.1) is 13.5 Å². The molecule has 0 radical (unpaired) electrons. The number of alkyl halides is 1. The molecule has 0 spiro atoms. The summed E-state index contributed by atoms with van der Waals surface area (Å²) in [6.07, 6.45) is 2.91. The van der Waals surface area contributed by atoms with Crippen molar-refractivity contribution in [3.8, 4) is 0 Å². The van der Waals surface area contributed by atoms with Crippen LogP contribution in [0.5, 0.6) is 0 Å². The summed E-state index contributed by atoms with van der Waals surface area (Å²) in [6.45, 7) is 0. The lowest BCUT2D eigenvalue weighted by Crippen LogP contribution is -2.13. The highest BCUT2D eigenvalue weighted by Crippen LogP contribution is 2.51. The molecule has 0 aliphatic heterocycles. The van der Waals surface area contributed by atoms with Crippen molar-refractivity contribution in [1.82, 2.24) is 0 Å². The SMILES string of the molecule is COC(=O)CC1(CSCc2ccc(CBr)cc2)CC1. The molecule has 1 aliphatic carbocycles. The molecular weight excluding hydrogens is 324 g/mol. The Balaban J connectivity index is 1.75. The number of esters is 1. The Morgan fingerprint density at radius 3 is 2.47 bits per heavy atom. The van der Waals surface area contributed by atoms with Crippen LogP contribution in [0.15, 0.2) is 24.3 Å². The third kappa shape index (κ3) is 4.53. The predicted molar refractivity (Wildman–Crippen MR) is 83.5 cm³/mol. The molecule has 1 fully saturated rings. The number of rotatable bonds is 7. The number of thioether (sulfide) groups is 1. The Morgan fingerprint density at radius 1 is 1.32 bits per heavy atom. The molecule has 4 heteroatoms. The zero-order valence-electron chi connectivity index (χ0n) is 11.2. The molecule has 19 heavy (non-hydrogen) atoms. The van der Waals surface area contributed by atoms with Crippen molar-refractivity contribution in [2.75, 3.05) is 12.9 Å². The lowest BCUT2D eigenvalue weighted by molar-refractivity contribution is -0.141. The Hall–Kier alpha value is -0.480. The topological polar surface area (TPSA) is 26.3 Å². The number of carbonyl (C=O) groups excluding carboxylic acids is 1. The van der Waals surface area contributed by atoms with E-state index in [4.69, 9.17) is 4.74 Å². The maximum absolute atomic E-state index is 11.3. The van der Waals surface area contributed by atoms with Crippen molar-refractivity contribution < 1.29 is 9.53 Å². The minimum absolute atomic E-state index is 0.0697. The van der Waals surface area contributed by atoms with E-state index in [2.05, 4.69) is 40.2 Å². The molecule has 1 aliphatic rings. The van der Waals surface area contributed by atoms with Crippen LogP contribution < -0.4 is 0 Å². The maximum Gasteiger partial charge on any atom is 0.306 e. The molecule has 0 saturated heterocycles. The third-order valence-corrected chi connectivity index (χ3v) is 5.56. The number of hydrogen-bond donors (Lipinski definition) is 0. The van der Waals surface area contributed by atoms with E-state index in [0.29, 0.717) is 6.42 Å². The van der Waals surface area contributed by atoms with Gasteiger partial charge in [0, 0.05) is 11.1 Å². The molecule has 1 aromatic rings. The van der Waals surface area contributed by atoms with E-state index in [1.165, 1.54) is 18.2 Å². The Labute approximate surface area is 127 Å². The molecule has 2 nitrogen and oxygen atoms in total. The van der Waals surface area contributed by atoms with Gasteiger partial charge >= 0.3 is 5.97 Å². The normalized spacial score (nSPS) is 16.1. The molecule has 0 heterocycles. The fraction of sp³-hybridized carbons (Fsp3) is 0.533. The minimum Gasteiger partial charge on any atom is -0.469 e. The van der Waals surface area contributed by atoms with E-state index in [1.54, 1.807) is 0 Å². The predicted octanol–water partition coefficient (Wildman–Crippen LogP) is 4.16. The minimum atomic E-state index is -0.0697. The van der Waals surface area contributed by atoms with Crippen LogP contribution in [0.25, 0.3) is 0 Å². The summed E-state index contributed by atoms with van der Waals surface area (Å²) in [4.78, 5) is 11.3. The molecular formula is C15H19BrO2S. The van der Waals surface area contributed by atoms with E-state index < -0.39 is 0 Å². The van der Waals surface area contributed by atoms with Crippen molar-refractivity contribution in [1.29, 1.82) is 0 Å². The molecule has 0 atom stereocenters. The highest BCUT2D eigenvalue weighted by molar-refractivity contribution is 9.08. The Morgan fingerprint density at radius 2 is 1.95 bits per heavy atom. The summed E-state index contributed by atoms with van der Waals surface area (Å²) in [6, 6.07) is 8.69. The highest BCUT2D eigenvalue weighted by Gasteiger charge is 2.44. The first kappa shape index (κ1) is 14.9. The second-order valence-electron chi connectivity index (χ2n) is 5.20. The van der Waals surface area contributed by atoms with Gasteiger partial charge in [-0.2, -0.15) is 11.8 Å². The van der Waals surface area contributed by atoms with Gasteiger partial charge < -0.3 is 4.74 Å². The summed E-state index contributed by atoms with van der Waals surface area (Å²) in [5, 5.41) is 0.905. The van der Waals surface area contributed by atoms with Crippen molar-refractivity contribution in [3.63, 3.8) is 0 Å². The monoisotopic (exact) mass is 342 g/mol. The molecule has 0 N–H and O–H groups in total. The summed E-state index contributed by atoms with van der Waals surface area (Å²) in [7, 11) is 1.47. The van der Waals surface area contributed by atoms with E-state index >= 15 is 0 Å². The fourth-order valence-corrected chi connectivity index (χ4v) is 3.77. The van der Waals surface area contributed by atoms with Crippen LogP contribution in [0.4, 0.5) is 0 Å². The van der Waals surface area contributed by atoms with Gasteiger partial charge in [-0.05, 0) is 35.1 Å². The third-order valence-electron chi connectivity index (χ3n) is 3.56. The van der Waals surface area contributed by atoms with Crippen molar-refractivity contribution in [2.45, 2.75) is 30.3 Å². The standard InChI is InChI=1S/C15H19BrO2S/c1-18-14(17)8-15(6-7-15)11-19-10-13-4-2-12(9-16)3-5-13/h2-5H,6-11H2,1H3. The van der Waals surface area contributed by atoms with Crippen LogP contribution in [-0.4, -0.2) is 18.8 Å². The van der Waals surface area contributed by atoms with Gasteiger partial charge in [-0.15, -0.1) is 0 Å². The van der Waals surface area contributed by atoms with Crippen molar-refractivity contribution in [2.24, 2.45) is 5.41 Å². The average molecular weight is 343 g/mol. The first-order valence-corrected chi connectivity index (χ1v) is 8.73. The van der Waals surface area contributed by atoms with Crippen LogP contribution in [0.3, 0.4) is 0 Å². The fourth-order valence-electron chi connectivity index (χ4n) is 2.04. The van der Waals surface area contributed by atoms with Gasteiger partial charge in [0.25, 0.3) is 0 Å². The summed E-state index contributed by atoms with van der Waals surface area (Å²) in [5.74, 6) is 2.01. The Kier molecular flexibility index (Phi) is 5.34. The van der Waals surface area contributed by atoms with Crippen molar-refractivity contribution >= 4 is 33.7 Å². The van der Waals surface area contributed by atoms with Gasteiger partial charge in [0.15, 0.2) is 0 Å². The molecule has 0 unspecified atom stereocenters. The zero-order chi connectivity index (χ0) is 13.7. The molecule has 1 aromatic carbocycles. The molecule has 1 saturated carbocycles. The number of carbonyl (C=O) groups is 1. The van der Waals surface area contributed by atoms with Gasteiger partial charge in [-0.25, -0.2) is 0 Å². The van der Waals surface area contributed by atoms with Gasteiger partial charge in [-0.3, -0.25) is 4.79 Å². The molecule has 0 amide bonds. The smallest absolute Gasteiger partial charge is 0.306 e. The average Bonchev–Trinajstić information content (AvgIpc) is 3.19. The second kappa shape index (κ2) is 6.80. The quantitative estimate of drug-likeness (QED) is 0.549. The number of benzene rings is 1. The van der Waals surface area contributed by atoms with Gasteiger partial charge in [0.1, 0.15) is 0 Å². The van der Waals surface area contributed by atoms with Crippen molar-refractivity contribution in [3.05, 3.63) is 35.4 Å². The van der Waals surface area contributed by atoms with Gasteiger partial charge in [-0.1, -0.05) is 40.2 Å². The number of methoxy groups -OCH3 is 1. The Bertz CT molecular complexity index is 426. The van der Waals surface area contributed by atoms with E-state index in [1.807, 2.05) is 11.8 Å². The lowest BCUT2D eigenvalue weighted by atomic mass is 10.1. The van der Waals surface area contributed by atoms with Crippen LogP contribution in [0.2, 0.25) is 0 Å². The van der Waals surface area contributed by atoms with Crippen LogP contribution in [0, 0.1) is 5.41 Å². The van der Waals surface area contributed by atoms with Gasteiger partial charge in [0.2, 0.25) is 0 Å². The zero-order valence-corrected chi connectivity index (χ0v) is 13.6. The highest BCUT2D eigenvalue weighted by atomic mass is 79.9. The summed E-state index contributed by atoms with van der Waals surface area (Å²) < 4.78 is 4.76.